The highest BCUT2D eigenvalue weighted by Gasteiger charge is 2.19. The number of halogens is 2. The Balaban J connectivity index is 1.77. The number of nitrogens with one attached hydrogen (secondary N) is 1. The van der Waals surface area contributed by atoms with Crippen LogP contribution >= 0.6 is 23.2 Å². The third-order valence-corrected chi connectivity index (χ3v) is 5.70. The molecule has 118 valence electrons. The summed E-state index contributed by atoms with van der Waals surface area (Å²) in [5, 5.41) is 0.461. The molecule has 1 aromatic carbocycles. The number of aryl methyl sites for hydroxylation is 2. The van der Waals surface area contributed by atoms with Crippen LogP contribution in [0.1, 0.15) is 24.4 Å². The van der Waals surface area contributed by atoms with E-state index >= 15 is 0 Å². The van der Waals surface area contributed by atoms with Gasteiger partial charge in [-0.15, -0.1) is 0 Å². The second-order valence-corrected chi connectivity index (χ2v) is 7.78. The van der Waals surface area contributed by atoms with Crippen molar-refractivity contribution in [2.75, 3.05) is 0 Å². The lowest BCUT2D eigenvalue weighted by atomic mass is 10.2. The molecule has 5 nitrogen and oxygen atoms in total. The molecular weight excluding hydrogens is 345 g/mol. The summed E-state index contributed by atoms with van der Waals surface area (Å²) in [5.74, 6) is 1.02. The van der Waals surface area contributed by atoms with E-state index in [-0.39, 0.29) is 16.5 Å². The highest BCUT2D eigenvalue weighted by Crippen LogP contribution is 2.25. The molecule has 0 bridgehead atoms. The number of imidazole rings is 1. The summed E-state index contributed by atoms with van der Waals surface area (Å²) in [6.45, 7) is 1.07. The average Bonchev–Trinajstić information content (AvgIpc) is 2.90. The van der Waals surface area contributed by atoms with Gasteiger partial charge in [0.1, 0.15) is 10.7 Å². The van der Waals surface area contributed by atoms with E-state index in [1.54, 1.807) is 6.07 Å². The third kappa shape index (κ3) is 3.30. The maximum atomic E-state index is 12.3. The number of benzene rings is 1. The molecule has 8 heteroatoms. The lowest BCUT2D eigenvalue weighted by molar-refractivity contribution is 0.522. The zero-order valence-electron chi connectivity index (χ0n) is 11.7. The van der Waals surface area contributed by atoms with E-state index in [0.717, 1.165) is 31.6 Å². The van der Waals surface area contributed by atoms with Gasteiger partial charge in [0, 0.05) is 24.2 Å². The van der Waals surface area contributed by atoms with E-state index in [9.17, 15) is 8.42 Å². The Morgan fingerprint density at radius 1 is 1.27 bits per heavy atom. The van der Waals surface area contributed by atoms with Crippen LogP contribution in [0.25, 0.3) is 0 Å². The Kier molecular flexibility index (Phi) is 4.45. The number of hydrogen-bond donors (Lipinski definition) is 1. The van der Waals surface area contributed by atoms with Gasteiger partial charge in [0.15, 0.2) is 0 Å². The third-order valence-electron chi connectivity index (χ3n) is 3.58. The van der Waals surface area contributed by atoms with E-state index < -0.39 is 10.0 Å². The summed E-state index contributed by atoms with van der Waals surface area (Å²) in [7, 11) is -3.73. The molecule has 0 saturated heterocycles. The van der Waals surface area contributed by atoms with Crippen LogP contribution in [-0.2, 0) is 29.5 Å². The van der Waals surface area contributed by atoms with Crippen LogP contribution in [-0.4, -0.2) is 18.0 Å². The average molecular weight is 360 g/mol. The molecule has 0 radical (unpaired) electrons. The van der Waals surface area contributed by atoms with Gasteiger partial charge >= 0.3 is 0 Å². The van der Waals surface area contributed by atoms with Gasteiger partial charge in [-0.3, -0.25) is 0 Å². The summed E-state index contributed by atoms with van der Waals surface area (Å²) in [5.41, 5.74) is 0.707. The highest BCUT2D eigenvalue weighted by molar-refractivity contribution is 7.89. The van der Waals surface area contributed by atoms with Crippen molar-refractivity contribution in [3.05, 3.63) is 46.0 Å². The molecule has 0 amide bonds. The molecule has 2 aromatic rings. The highest BCUT2D eigenvalue weighted by atomic mass is 35.5. The van der Waals surface area contributed by atoms with Crippen LogP contribution in [0.15, 0.2) is 29.3 Å². The second-order valence-electron chi connectivity index (χ2n) is 5.20. The number of aromatic nitrogens is 2. The first-order chi connectivity index (χ1) is 10.5. The predicted octanol–water partition coefficient (Wildman–Crippen LogP) is 3.00. The number of hydrogen-bond acceptors (Lipinski definition) is 3. The van der Waals surface area contributed by atoms with Crippen LogP contribution in [0.3, 0.4) is 0 Å². The zero-order valence-corrected chi connectivity index (χ0v) is 14.0. The van der Waals surface area contributed by atoms with Crippen molar-refractivity contribution in [3.8, 4) is 0 Å². The van der Waals surface area contributed by atoms with Crippen molar-refractivity contribution in [2.24, 2.45) is 0 Å². The van der Waals surface area contributed by atoms with Crippen molar-refractivity contribution in [2.45, 2.75) is 37.2 Å². The minimum atomic E-state index is -3.73. The summed E-state index contributed by atoms with van der Waals surface area (Å²) < 4.78 is 29.3. The SMILES string of the molecule is O=S(=O)(NCc1cn2c(n1)CCCC2)c1cc(Cl)ccc1Cl. The van der Waals surface area contributed by atoms with Gasteiger partial charge in [-0.1, -0.05) is 23.2 Å². The van der Waals surface area contributed by atoms with Crippen molar-refractivity contribution < 1.29 is 8.42 Å². The van der Waals surface area contributed by atoms with E-state index in [1.807, 2.05) is 6.20 Å². The molecule has 1 N–H and O–H groups in total. The minimum Gasteiger partial charge on any atom is -0.335 e. The van der Waals surface area contributed by atoms with Gasteiger partial charge in [-0.25, -0.2) is 18.1 Å². The van der Waals surface area contributed by atoms with Gasteiger partial charge < -0.3 is 4.57 Å². The normalized spacial score (nSPS) is 14.8. The predicted molar refractivity (Wildman–Crippen MR) is 85.7 cm³/mol. The zero-order chi connectivity index (χ0) is 15.7. The molecule has 0 fully saturated rings. The Morgan fingerprint density at radius 3 is 2.86 bits per heavy atom. The molecule has 0 spiro atoms. The standard InChI is InChI=1S/C14H15Cl2N3O2S/c15-10-4-5-12(16)13(7-10)22(20,21)17-8-11-9-19-6-2-1-3-14(19)18-11/h4-5,7,9,17H,1-3,6,8H2. The van der Waals surface area contributed by atoms with E-state index in [4.69, 9.17) is 23.2 Å². The fraction of sp³-hybridized carbons (Fsp3) is 0.357. The Bertz CT molecular complexity index is 779. The van der Waals surface area contributed by atoms with Crippen LogP contribution in [0.4, 0.5) is 0 Å². The topological polar surface area (TPSA) is 64.0 Å². The molecule has 22 heavy (non-hydrogen) atoms. The van der Waals surface area contributed by atoms with Crippen molar-refractivity contribution in [3.63, 3.8) is 0 Å². The van der Waals surface area contributed by atoms with Crippen LogP contribution in [0.2, 0.25) is 10.0 Å². The number of fused-ring (bicyclic) bond motifs is 1. The van der Waals surface area contributed by atoms with Crippen LogP contribution < -0.4 is 4.72 Å². The quantitative estimate of drug-likeness (QED) is 0.912. The Hall–Kier alpha value is -1.08. The molecular formula is C14H15Cl2N3O2S. The first kappa shape index (κ1) is 15.8. The molecule has 0 aliphatic carbocycles. The van der Waals surface area contributed by atoms with Gasteiger partial charge in [0.2, 0.25) is 10.0 Å². The second kappa shape index (κ2) is 6.20. The molecule has 3 rings (SSSR count). The van der Waals surface area contributed by atoms with Gasteiger partial charge in [-0.2, -0.15) is 0 Å². The van der Waals surface area contributed by atoms with Crippen molar-refractivity contribution in [1.82, 2.24) is 14.3 Å². The number of sulfonamides is 1. The molecule has 1 aliphatic rings. The van der Waals surface area contributed by atoms with Crippen molar-refractivity contribution >= 4 is 33.2 Å². The minimum absolute atomic E-state index is 0.0226. The largest absolute Gasteiger partial charge is 0.335 e. The van der Waals surface area contributed by atoms with Crippen LogP contribution in [0, 0.1) is 0 Å². The Morgan fingerprint density at radius 2 is 2.09 bits per heavy atom. The van der Waals surface area contributed by atoms with E-state index in [1.165, 1.54) is 12.1 Å². The van der Waals surface area contributed by atoms with E-state index in [2.05, 4.69) is 14.3 Å². The summed E-state index contributed by atoms with van der Waals surface area (Å²) in [6, 6.07) is 4.35. The number of nitrogens with zero attached hydrogens (tertiary/aromatic N) is 2. The van der Waals surface area contributed by atoms with Gasteiger partial charge in [0.25, 0.3) is 0 Å². The maximum absolute atomic E-state index is 12.3. The molecule has 0 unspecified atom stereocenters. The smallest absolute Gasteiger partial charge is 0.242 e. The van der Waals surface area contributed by atoms with Gasteiger partial charge in [-0.05, 0) is 31.0 Å². The number of rotatable bonds is 4. The first-order valence-electron chi connectivity index (χ1n) is 6.95. The van der Waals surface area contributed by atoms with Gasteiger partial charge in [0.05, 0.1) is 17.3 Å². The summed E-state index contributed by atoms with van der Waals surface area (Å²) in [6.07, 6.45) is 5.09. The molecule has 2 heterocycles. The lowest BCUT2D eigenvalue weighted by Crippen LogP contribution is -2.23. The fourth-order valence-electron chi connectivity index (χ4n) is 2.49. The first-order valence-corrected chi connectivity index (χ1v) is 9.19. The maximum Gasteiger partial charge on any atom is 0.242 e. The molecule has 0 saturated carbocycles. The fourth-order valence-corrected chi connectivity index (χ4v) is 4.25. The lowest BCUT2D eigenvalue weighted by Gasteiger charge is -2.11. The summed E-state index contributed by atoms with van der Waals surface area (Å²) >= 11 is 11.8. The molecule has 0 atom stereocenters. The monoisotopic (exact) mass is 359 g/mol. The molecule has 1 aromatic heterocycles. The van der Waals surface area contributed by atoms with Crippen molar-refractivity contribution in [1.29, 1.82) is 0 Å². The van der Waals surface area contributed by atoms with E-state index in [0.29, 0.717) is 10.7 Å². The summed E-state index contributed by atoms with van der Waals surface area (Å²) in [4.78, 5) is 4.44. The van der Waals surface area contributed by atoms with Crippen LogP contribution in [0.5, 0.6) is 0 Å². The molecule has 1 aliphatic heterocycles. The Labute approximate surface area is 139 Å².